The van der Waals surface area contributed by atoms with Gasteiger partial charge in [0.25, 0.3) is 5.91 Å². The number of hydrogen-bond acceptors (Lipinski definition) is 5. The molecule has 1 N–H and O–H groups in total. The number of aryl methyl sites for hydroxylation is 1. The van der Waals surface area contributed by atoms with E-state index in [0.717, 1.165) is 32.5 Å². The number of nitrogens with one attached hydrogen (secondary N) is 1. The van der Waals surface area contributed by atoms with Gasteiger partial charge in [0.1, 0.15) is 0 Å². The van der Waals surface area contributed by atoms with Crippen LogP contribution in [-0.2, 0) is 11.3 Å². The number of pyridine rings is 1. The van der Waals surface area contributed by atoms with Gasteiger partial charge in [-0.15, -0.1) is 11.3 Å². The molecule has 1 amide bonds. The fourth-order valence-electron chi connectivity index (χ4n) is 5.27. The van der Waals surface area contributed by atoms with Gasteiger partial charge in [0, 0.05) is 60.8 Å². The fourth-order valence-corrected chi connectivity index (χ4v) is 6.21. The van der Waals surface area contributed by atoms with E-state index in [-0.39, 0.29) is 11.5 Å². The van der Waals surface area contributed by atoms with E-state index in [2.05, 4.69) is 33.6 Å². The lowest BCUT2D eigenvalue weighted by Crippen LogP contribution is -2.41. The Hall–Kier alpha value is -1.76. The second-order valence-electron chi connectivity index (χ2n) is 8.17. The molecule has 5 nitrogen and oxygen atoms in total. The number of thiophene rings is 1. The summed E-state index contributed by atoms with van der Waals surface area (Å²) in [5, 5.41) is 5.32. The van der Waals surface area contributed by atoms with Crippen LogP contribution in [0, 0.1) is 18.8 Å². The zero-order valence-electron chi connectivity index (χ0n) is 15.6. The van der Waals surface area contributed by atoms with Gasteiger partial charge >= 0.3 is 0 Å². The third-order valence-electron chi connectivity index (χ3n) is 6.63. The topological polar surface area (TPSA) is 54.5 Å². The minimum absolute atomic E-state index is 0.0155. The molecule has 0 unspecified atom stereocenters. The van der Waals surface area contributed by atoms with E-state index in [1.165, 1.54) is 10.4 Å². The number of aromatic nitrogens is 1. The molecule has 3 saturated heterocycles. The zero-order chi connectivity index (χ0) is 18.4. The summed E-state index contributed by atoms with van der Waals surface area (Å²) in [6, 6.07) is 5.72. The molecule has 2 bridgehead atoms. The highest BCUT2D eigenvalue weighted by molar-refractivity contribution is 7.10. The summed E-state index contributed by atoms with van der Waals surface area (Å²) >= 11 is 1.85. The van der Waals surface area contributed by atoms with Gasteiger partial charge < -0.3 is 10.1 Å². The minimum Gasteiger partial charge on any atom is -0.370 e. The number of fused-ring (bicyclic) bond motifs is 1. The number of carbonyl (C=O) groups is 1. The highest BCUT2D eigenvalue weighted by Gasteiger charge is 2.62. The van der Waals surface area contributed by atoms with Crippen LogP contribution < -0.4 is 5.32 Å². The molecule has 6 heteroatoms. The molecule has 2 aromatic heterocycles. The van der Waals surface area contributed by atoms with Crippen molar-refractivity contribution in [1.82, 2.24) is 15.2 Å². The largest absolute Gasteiger partial charge is 0.370 e. The van der Waals surface area contributed by atoms with Crippen molar-refractivity contribution in [3.8, 4) is 0 Å². The van der Waals surface area contributed by atoms with E-state index < -0.39 is 0 Å². The minimum atomic E-state index is -0.0155. The fraction of sp³-hybridized carbons (Fsp3) is 0.524. The number of hydrogen-bond donors (Lipinski definition) is 1. The van der Waals surface area contributed by atoms with Crippen LogP contribution in [0.1, 0.15) is 33.6 Å². The quantitative estimate of drug-likeness (QED) is 0.863. The molecule has 27 heavy (non-hydrogen) atoms. The Kier molecular flexibility index (Phi) is 4.30. The van der Waals surface area contributed by atoms with Crippen LogP contribution >= 0.6 is 11.3 Å². The van der Waals surface area contributed by atoms with Gasteiger partial charge in [0.15, 0.2) is 0 Å². The molecule has 0 aromatic carbocycles. The predicted molar refractivity (Wildman–Crippen MR) is 105 cm³/mol. The second-order valence-corrected chi connectivity index (χ2v) is 9.17. The summed E-state index contributed by atoms with van der Waals surface area (Å²) < 4.78 is 6.51. The predicted octanol–water partition coefficient (Wildman–Crippen LogP) is 2.86. The maximum atomic E-state index is 12.4. The van der Waals surface area contributed by atoms with Crippen LogP contribution in [0.25, 0.3) is 0 Å². The van der Waals surface area contributed by atoms with E-state index in [4.69, 9.17) is 4.74 Å². The third-order valence-corrected chi connectivity index (χ3v) is 7.64. The number of ether oxygens (including phenoxy) is 1. The molecule has 4 atom stereocenters. The van der Waals surface area contributed by atoms with E-state index >= 15 is 0 Å². The van der Waals surface area contributed by atoms with Crippen LogP contribution in [0.2, 0.25) is 0 Å². The summed E-state index contributed by atoms with van der Waals surface area (Å²) in [4.78, 5) is 20.4. The average molecular weight is 384 g/mol. The Labute approximate surface area is 163 Å². The highest BCUT2D eigenvalue weighted by atomic mass is 32.1. The summed E-state index contributed by atoms with van der Waals surface area (Å²) in [7, 11) is 0. The summed E-state index contributed by atoms with van der Waals surface area (Å²) in [6.07, 6.45) is 5.91. The molecule has 142 valence electrons. The first-order valence-electron chi connectivity index (χ1n) is 9.76. The van der Waals surface area contributed by atoms with Crippen molar-refractivity contribution < 1.29 is 9.53 Å². The Morgan fingerprint density at radius 2 is 2.26 bits per heavy atom. The molecule has 5 heterocycles. The monoisotopic (exact) mass is 383 g/mol. The zero-order valence-corrected chi connectivity index (χ0v) is 16.4. The van der Waals surface area contributed by atoms with Gasteiger partial charge in [-0.2, -0.15) is 0 Å². The normalized spacial score (nSPS) is 32.0. The van der Waals surface area contributed by atoms with Crippen molar-refractivity contribution >= 4 is 17.2 Å². The molecule has 3 aliphatic heterocycles. The molecule has 2 aromatic rings. The van der Waals surface area contributed by atoms with Gasteiger partial charge in [-0.05, 0) is 48.9 Å². The number of likely N-dealkylation sites (tertiary alicyclic amines) is 1. The van der Waals surface area contributed by atoms with Crippen LogP contribution in [-0.4, -0.2) is 47.1 Å². The third kappa shape index (κ3) is 3.00. The van der Waals surface area contributed by atoms with Crippen LogP contribution in [0.4, 0.5) is 0 Å². The lowest BCUT2D eigenvalue weighted by molar-refractivity contribution is 0.00218. The highest BCUT2D eigenvalue weighted by Crippen LogP contribution is 2.54. The first kappa shape index (κ1) is 17.3. The Bertz CT molecular complexity index is 839. The lowest BCUT2D eigenvalue weighted by atomic mass is 9.73. The molecule has 3 fully saturated rings. The lowest BCUT2D eigenvalue weighted by Gasteiger charge is -2.29. The first-order valence-corrected chi connectivity index (χ1v) is 10.6. The van der Waals surface area contributed by atoms with Crippen molar-refractivity contribution in [3.63, 3.8) is 0 Å². The molecule has 0 aliphatic carbocycles. The molecule has 5 rings (SSSR count). The van der Waals surface area contributed by atoms with Crippen LogP contribution in [0.15, 0.2) is 36.0 Å². The average Bonchev–Trinajstić information content (AvgIpc) is 3.42. The van der Waals surface area contributed by atoms with Crippen molar-refractivity contribution in [2.24, 2.45) is 11.8 Å². The molecular formula is C21H25N3O2S. The maximum absolute atomic E-state index is 12.4. The molecule has 1 spiro atoms. The molecular weight excluding hydrogens is 358 g/mol. The van der Waals surface area contributed by atoms with Gasteiger partial charge in [-0.3, -0.25) is 14.7 Å². The summed E-state index contributed by atoms with van der Waals surface area (Å²) in [6.45, 7) is 6.01. The van der Waals surface area contributed by atoms with Crippen LogP contribution in [0.3, 0.4) is 0 Å². The van der Waals surface area contributed by atoms with E-state index in [9.17, 15) is 4.79 Å². The SMILES string of the molecule is Cc1ccsc1CN1C[C@@H]2[C@H](CNC(=O)c3ccncc3)[C@H]3CC[C@]2(C1)O3. The number of carbonyl (C=O) groups excluding carboxylic acids is 1. The number of nitrogens with zero attached hydrogens (tertiary/aromatic N) is 2. The van der Waals surface area contributed by atoms with Gasteiger partial charge in [0.05, 0.1) is 11.7 Å². The van der Waals surface area contributed by atoms with E-state index in [1.807, 2.05) is 11.3 Å². The van der Waals surface area contributed by atoms with E-state index in [0.29, 0.717) is 30.0 Å². The molecule has 0 saturated carbocycles. The van der Waals surface area contributed by atoms with Crippen LogP contribution in [0.5, 0.6) is 0 Å². The molecule has 3 aliphatic rings. The Morgan fingerprint density at radius 3 is 3.04 bits per heavy atom. The first-order chi connectivity index (χ1) is 13.1. The van der Waals surface area contributed by atoms with Crippen molar-refractivity contribution in [2.45, 2.75) is 38.0 Å². The van der Waals surface area contributed by atoms with Gasteiger partial charge in [-0.1, -0.05) is 0 Å². The van der Waals surface area contributed by atoms with Gasteiger partial charge in [-0.25, -0.2) is 0 Å². The van der Waals surface area contributed by atoms with Crippen molar-refractivity contribution in [1.29, 1.82) is 0 Å². The van der Waals surface area contributed by atoms with Crippen molar-refractivity contribution in [2.75, 3.05) is 19.6 Å². The smallest absolute Gasteiger partial charge is 0.251 e. The van der Waals surface area contributed by atoms with Crippen molar-refractivity contribution in [3.05, 3.63) is 52.0 Å². The Balaban J connectivity index is 1.25. The number of amides is 1. The summed E-state index contributed by atoms with van der Waals surface area (Å²) in [5.41, 5.74) is 2.08. The standard InChI is InChI=1S/C21H25N3O2S/c1-14-5-9-27-19(14)12-24-11-17-16(18-2-6-21(17,13-24)26-18)10-23-20(25)15-3-7-22-8-4-15/h3-5,7-9,16-18H,2,6,10-13H2,1H3,(H,23,25)/t16-,17+,18+,21+/m0/s1. The molecule has 0 radical (unpaired) electrons. The maximum Gasteiger partial charge on any atom is 0.251 e. The summed E-state index contributed by atoms with van der Waals surface area (Å²) in [5.74, 6) is 0.923. The van der Waals surface area contributed by atoms with Gasteiger partial charge in [0.2, 0.25) is 0 Å². The number of rotatable bonds is 5. The van der Waals surface area contributed by atoms with E-state index in [1.54, 1.807) is 24.5 Å². The Morgan fingerprint density at radius 1 is 1.41 bits per heavy atom. The second kappa shape index (κ2) is 6.69.